The highest BCUT2D eigenvalue weighted by Gasteiger charge is 2.18. The molecule has 1 atom stereocenters. The predicted molar refractivity (Wildman–Crippen MR) is 108 cm³/mol. The lowest BCUT2D eigenvalue weighted by Gasteiger charge is -2.24. The van der Waals surface area contributed by atoms with E-state index in [4.69, 9.17) is 27.9 Å². The fraction of sp³-hybridized carbons (Fsp3) is 0.562. The van der Waals surface area contributed by atoms with Gasteiger partial charge < -0.3 is 15.0 Å². The van der Waals surface area contributed by atoms with Crippen LogP contribution in [0.25, 0.3) is 0 Å². The van der Waals surface area contributed by atoms with Gasteiger partial charge in [0.1, 0.15) is 0 Å². The molecule has 1 aliphatic rings. The van der Waals surface area contributed by atoms with Gasteiger partial charge in [-0.1, -0.05) is 23.2 Å². The Balaban J connectivity index is 0.00000264. The molecule has 1 heterocycles. The van der Waals surface area contributed by atoms with Gasteiger partial charge in [0.15, 0.2) is 5.96 Å². The summed E-state index contributed by atoms with van der Waals surface area (Å²) in [5, 5.41) is 4.72. The number of hydrogen-bond donors (Lipinski definition) is 1. The normalized spacial score (nSPS) is 17.7. The molecule has 1 aliphatic heterocycles. The summed E-state index contributed by atoms with van der Waals surface area (Å²) < 4.78 is 5.42. The summed E-state index contributed by atoms with van der Waals surface area (Å²) in [5.74, 6) is 1.50. The Morgan fingerprint density at radius 3 is 2.61 bits per heavy atom. The molecule has 0 amide bonds. The first-order valence-electron chi connectivity index (χ1n) is 7.53. The summed E-state index contributed by atoms with van der Waals surface area (Å²) in [6.07, 6.45) is 1.97. The molecular weight excluding hydrogens is 448 g/mol. The zero-order valence-corrected chi connectivity index (χ0v) is 17.4. The van der Waals surface area contributed by atoms with Gasteiger partial charge in [-0.2, -0.15) is 0 Å². The predicted octanol–water partition coefficient (Wildman–Crippen LogP) is 3.70. The molecule has 23 heavy (non-hydrogen) atoms. The molecule has 2 rings (SSSR count). The average molecular weight is 472 g/mol. The summed E-state index contributed by atoms with van der Waals surface area (Å²) in [4.78, 5) is 6.49. The lowest BCUT2D eigenvalue weighted by molar-refractivity contribution is 0.181. The van der Waals surface area contributed by atoms with E-state index in [1.807, 2.05) is 12.1 Å². The van der Waals surface area contributed by atoms with Gasteiger partial charge in [-0.3, -0.25) is 4.99 Å². The van der Waals surface area contributed by atoms with Gasteiger partial charge in [0.2, 0.25) is 0 Å². The van der Waals surface area contributed by atoms with Crippen molar-refractivity contribution in [2.75, 3.05) is 40.4 Å². The Kier molecular flexibility index (Phi) is 9.58. The Bertz CT molecular complexity index is 502. The van der Waals surface area contributed by atoms with Crippen LogP contribution in [0.1, 0.15) is 12.0 Å². The molecule has 130 valence electrons. The number of benzene rings is 1. The van der Waals surface area contributed by atoms with Gasteiger partial charge in [-0.05, 0) is 36.6 Å². The minimum atomic E-state index is 0. The average Bonchev–Trinajstić information content (AvgIpc) is 2.95. The highest BCUT2D eigenvalue weighted by molar-refractivity contribution is 14.0. The number of ether oxygens (including phenoxy) is 1. The van der Waals surface area contributed by atoms with Crippen LogP contribution in [0, 0.1) is 5.92 Å². The van der Waals surface area contributed by atoms with Gasteiger partial charge in [-0.15, -0.1) is 24.0 Å². The van der Waals surface area contributed by atoms with Crippen molar-refractivity contribution in [2.45, 2.75) is 12.8 Å². The Hall–Kier alpha value is -0.240. The third-order valence-electron chi connectivity index (χ3n) is 3.75. The van der Waals surface area contributed by atoms with Crippen molar-refractivity contribution in [3.8, 4) is 0 Å². The SMILES string of the molecule is CN=C(NCCc1cc(Cl)cc(Cl)c1)N(C)CC1CCOC1.I. The molecule has 0 aliphatic carbocycles. The summed E-state index contributed by atoms with van der Waals surface area (Å²) in [7, 11) is 3.87. The molecule has 1 fully saturated rings. The number of aliphatic imine (C=N–C) groups is 1. The lowest BCUT2D eigenvalue weighted by atomic mass is 10.1. The summed E-state index contributed by atoms with van der Waals surface area (Å²) >= 11 is 12.0. The molecule has 0 spiro atoms. The van der Waals surface area contributed by atoms with Crippen LogP contribution in [0.4, 0.5) is 0 Å². The summed E-state index contributed by atoms with van der Waals surface area (Å²) in [6, 6.07) is 5.63. The fourth-order valence-electron chi connectivity index (χ4n) is 2.66. The Morgan fingerprint density at radius 1 is 1.35 bits per heavy atom. The van der Waals surface area contributed by atoms with Crippen molar-refractivity contribution < 1.29 is 4.74 Å². The summed E-state index contributed by atoms with van der Waals surface area (Å²) in [6.45, 7) is 3.47. The van der Waals surface area contributed by atoms with E-state index in [-0.39, 0.29) is 24.0 Å². The molecule has 7 heteroatoms. The zero-order chi connectivity index (χ0) is 15.9. The monoisotopic (exact) mass is 471 g/mol. The Morgan fingerprint density at radius 2 is 2.04 bits per heavy atom. The van der Waals surface area contributed by atoms with Crippen LogP contribution in [-0.4, -0.2) is 51.3 Å². The van der Waals surface area contributed by atoms with Crippen molar-refractivity contribution in [3.05, 3.63) is 33.8 Å². The van der Waals surface area contributed by atoms with E-state index in [0.717, 1.165) is 50.7 Å². The van der Waals surface area contributed by atoms with Crippen LogP contribution in [0.2, 0.25) is 10.0 Å². The molecule has 0 aromatic heterocycles. The second-order valence-corrected chi connectivity index (χ2v) is 6.48. The van der Waals surface area contributed by atoms with E-state index in [1.165, 1.54) is 0 Å². The molecular formula is C16H24Cl2IN3O. The van der Waals surface area contributed by atoms with Crippen molar-refractivity contribution in [1.29, 1.82) is 0 Å². The number of nitrogens with one attached hydrogen (secondary N) is 1. The van der Waals surface area contributed by atoms with E-state index >= 15 is 0 Å². The molecule has 0 saturated carbocycles. The highest BCUT2D eigenvalue weighted by Crippen LogP contribution is 2.19. The molecule has 1 aromatic rings. The van der Waals surface area contributed by atoms with Crippen LogP contribution >= 0.6 is 47.2 Å². The summed E-state index contributed by atoms with van der Waals surface area (Å²) in [5.41, 5.74) is 1.12. The first-order valence-corrected chi connectivity index (χ1v) is 8.28. The maximum Gasteiger partial charge on any atom is 0.193 e. The van der Waals surface area contributed by atoms with Crippen molar-refractivity contribution in [1.82, 2.24) is 10.2 Å². The van der Waals surface area contributed by atoms with Crippen LogP contribution in [-0.2, 0) is 11.2 Å². The minimum absolute atomic E-state index is 0. The van der Waals surface area contributed by atoms with Crippen molar-refractivity contribution in [3.63, 3.8) is 0 Å². The topological polar surface area (TPSA) is 36.9 Å². The van der Waals surface area contributed by atoms with Crippen molar-refractivity contribution >= 4 is 53.1 Å². The quantitative estimate of drug-likeness (QED) is 0.404. The number of nitrogens with zero attached hydrogens (tertiary/aromatic N) is 2. The molecule has 1 unspecified atom stereocenters. The first-order chi connectivity index (χ1) is 10.6. The van der Waals surface area contributed by atoms with E-state index < -0.39 is 0 Å². The Labute approximate surface area is 165 Å². The van der Waals surface area contributed by atoms with E-state index in [0.29, 0.717) is 16.0 Å². The van der Waals surface area contributed by atoms with Gasteiger partial charge in [0.25, 0.3) is 0 Å². The van der Waals surface area contributed by atoms with Crippen LogP contribution < -0.4 is 5.32 Å². The second-order valence-electron chi connectivity index (χ2n) is 5.61. The first kappa shape index (κ1) is 20.8. The van der Waals surface area contributed by atoms with Crippen molar-refractivity contribution in [2.24, 2.45) is 10.9 Å². The minimum Gasteiger partial charge on any atom is -0.381 e. The standard InChI is InChI=1S/C16H23Cl2N3O.HI/c1-19-16(21(2)10-13-4-6-22-11-13)20-5-3-12-7-14(17)9-15(18)8-12;/h7-9,13H,3-6,10-11H2,1-2H3,(H,19,20);1H. The van der Waals surface area contributed by atoms with E-state index in [9.17, 15) is 0 Å². The molecule has 4 nitrogen and oxygen atoms in total. The van der Waals surface area contributed by atoms with Gasteiger partial charge in [0.05, 0.1) is 6.61 Å². The second kappa shape index (κ2) is 10.6. The van der Waals surface area contributed by atoms with Gasteiger partial charge in [0, 0.05) is 49.8 Å². The zero-order valence-electron chi connectivity index (χ0n) is 13.5. The molecule has 0 bridgehead atoms. The molecule has 1 saturated heterocycles. The van der Waals surface area contributed by atoms with Gasteiger partial charge >= 0.3 is 0 Å². The third-order valence-corrected chi connectivity index (χ3v) is 4.18. The largest absolute Gasteiger partial charge is 0.381 e. The van der Waals surface area contributed by atoms with E-state index in [2.05, 4.69) is 22.3 Å². The number of hydrogen-bond acceptors (Lipinski definition) is 2. The lowest BCUT2D eigenvalue weighted by Crippen LogP contribution is -2.42. The fourth-order valence-corrected chi connectivity index (χ4v) is 3.23. The molecule has 0 radical (unpaired) electrons. The number of rotatable bonds is 5. The maximum atomic E-state index is 6.02. The maximum absolute atomic E-state index is 6.02. The van der Waals surface area contributed by atoms with Crippen LogP contribution in [0.3, 0.4) is 0 Å². The van der Waals surface area contributed by atoms with Gasteiger partial charge in [-0.25, -0.2) is 0 Å². The molecule has 1 N–H and O–H groups in total. The smallest absolute Gasteiger partial charge is 0.193 e. The highest BCUT2D eigenvalue weighted by atomic mass is 127. The van der Waals surface area contributed by atoms with E-state index in [1.54, 1.807) is 13.1 Å². The number of guanidine groups is 1. The van der Waals surface area contributed by atoms with Crippen LogP contribution in [0.15, 0.2) is 23.2 Å². The molecule has 1 aromatic carbocycles. The number of halogens is 3. The third kappa shape index (κ3) is 7.03. The van der Waals surface area contributed by atoms with Crippen LogP contribution in [0.5, 0.6) is 0 Å².